The lowest BCUT2D eigenvalue weighted by atomic mass is 9.97. The second-order valence-electron chi connectivity index (χ2n) is 12.0. The lowest BCUT2D eigenvalue weighted by molar-refractivity contribution is 0.662. The molecule has 46 heavy (non-hydrogen) atoms. The molecule has 4 heterocycles. The van der Waals surface area contributed by atoms with E-state index in [1.165, 1.54) is 0 Å². The zero-order chi connectivity index (χ0) is 29.9. The van der Waals surface area contributed by atoms with E-state index < -0.39 is 0 Å². The number of fused-ring (bicyclic) bond motifs is 14. The van der Waals surface area contributed by atoms with E-state index in [-0.39, 0.29) is 0 Å². The van der Waals surface area contributed by atoms with E-state index in [2.05, 4.69) is 97.1 Å². The van der Waals surface area contributed by atoms with Crippen molar-refractivity contribution in [2.75, 3.05) is 0 Å². The maximum atomic E-state index is 6.45. The van der Waals surface area contributed by atoms with Crippen molar-refractivity contribution in [3.8, 4) is 22.3 Å². The molecule has 0 radical (unpaired) electrons. The van der Waals surface area contributed by atoms with E-state index in [1.807, 2.05) is 36.4 Å². The fourth-order valence-electron chi connectivity index (χ4n) is 7.32. The van der Waals surface area contributed by atoms with Crippen LogP contribution in [0.15, 0.2) is 151 Å². The molecule has 7 aromatic carbocycles. The Balaban J connectivity index is 1.05. The predicted octanol–water partition coefficient (Wildman–Crippen LogP) is 12.6. The first-order valence-electron chi connectivity index (χ1n) is 15.4. The van der Waals surface area contributed by atoms with Crippen molar-refractivity contribution >= 4 is 87.8 Å². The fraction of sp³-hybridized carbons (Fsp3) is 0. The predicted molar refractivity (Wildman–Crippen MR) is 186 cm³/mol. The third kappa shape index (κ3) is 3.22. The highest BCUT2D eigenvalue weighted by atomic mass is 16.4. The van der Waals surface area contributed by atoms with Crippen molar-refractivity contribution in [2.45, 2.75) is 0 Å². The summed E-state index contributed by atoms with van der Waals surface area (Å²) in [6.07, 6.45) is 0. The Morgan fingerprint density at radius 2 is 0.696 bits per heavy atom. The highest BCUT2D eigenvalue weighted by molar-refractivity contribution is 6.23. The molecule has 0 aliphatic heterocycles. The fourth-order valence-corrected chi connectivity index (χ4v) is 7.32. The topological polar surface area (TPSA) is 52.6 Å². The Bertz CT molecular complexity index is 2830. The number of hydrogen-bond donors (Lipinski definition) is 0. The zero-order valence-electron chi connectivity index (χ0n) is 24.3. The van der Waals surface area contributed by atoms with Gasteiger partial charge in [-0.3, -0.25) is 0 Å². The third-order valence-corrected chi connectivity index (χ3v) is 9.48. The summed E-state index contributed by atoms with van der Waals surface area (Å²) in [5, 5.41) is 8.55. The maximum absolute atomic E-state index is 6.45. The Morgan fingerprint density at radius 1 is 0.261 bits per heavy atom. The van der Waals surface area contributed by atoms with Crippen molar-refractivity contribution in [3.05, 3.63) is 133 Å². The molecule has 0 saturated heterocycles. The summed E-state index contributed by atoms with van der Waals surface area (Å²) in [6, 6.07) is 46.2. The van der Waals surface area contributed by atoms with Crippen LogP contribution in [0.3, 0.4) is 0 Å². The van der Waals surface area contributed by atoms with Gasteiger partial charge in [0.25, 0.3) is 0 Å². The van der Waals surface area contributed by atoms with Gasteiger partial charge in [0.15, 0.2) is 0 Å². The van der Waals surface area contributed by atoms with Crippen LogP contribution in [0.2, 0.25) is 0 Å². The van der Waals surface area contributed by atoms with Crippen LogP contribution in [0.4, 0.5) is 0 Å². The molecule has 0 atom stereocenters. The van der Waals surface area contributed by atoms with Crippen LogP contribution in [0.5, 0.6) is 0 Å². The molecule has 0 amide bonds. The third-order valence-electron chi connectivity index (χ3n) is 9.48. The van der Waals surface area contributed by atoms with E-state index in [9.17, 15) is 0 Å². The van der Waals surface area contributed by atoms with Crippen LogP contribution in [0, 0.1) is 0 Å². The molecular weight excluding hydrogens is 568 g/mol. The van der Waals surface area contributed by atoms with Gasteiger partial charge in [-0.25, -0.2) is 0 Å². The van der Waals surface area contributed by atoms with Gasteiger partial charge in [-0.2, -0.15) is 0 Å². The molecule has 4 heteroatoms. The van der Waals surface area contributed by atoms with Gasteiger partial charge < -0.3 is 17.7 Å². The number of benzene rings is 7. The molecule has 214 valence electrons. The first-order chi connectivity index (χ1) is 22.8. The van der Waals surface area contributed by atoms with Gasteiger partial charge in [0.1, 0.15) is 44.7 Å². The minimum atomic E-state index is 0.839. The standard InChI is InChI=1S/C42H22O4/c1-3-10-33-29(8-1)39-37(43-33)18-14-27-31-21-25(12-16-35(31)45-41(27)39)23-6-5-7-24(20-23)26-13-17-36-32(22-26)28-15-19-38-40(42(28)46-36)30-9-2-4-11-34(30)44-38/h1-22H. The quantitative estimate of drug-likeness (QED) is 0.201. The monoisotopic (exact) mass is 590 g/mol. The smallest absolute Gasteiger partial charge is 0.147 e. The second-order valence-corrected chi connectivity index (χ2v) is 12.0. The van der Waals surface area contributed by atoms with Crippen molar-refractivity contribution in [3.63, 3.8) is 0 Å². The lowest BCUT2D eigenvalue weighted by Crippen LogP contribution is -1.82. The summed E-state index contributed by atoms with van der Waals surface area (Å²) in [5.74, 6) is 0. The SMILES string of the molecule is c1cc(-c2ccc3oc4c(ccc5oc6ccccc6c54)c3c2)cc(-c2ccc3oc4c(ccc5oc6ccccc6c54)c3c2)c1. The van der Waals surface area contributed by atoms with E-state index in [0.29, 0.717) is 0 Å². The molecule has 0 saturated carbocycles. The highest BCUT2D eigenvalue weighted by Crippen LogP contribution is 2.42. The zero-order valence-corrected chi connectivity index (χ0v) is 24.3. The molecule has 0 aliphatic rings. The van der Waals surface area contributed by atoms with Crippen LogP contribution >= 0.6 is 0 Å². The molecule has 0 unspecified atom stereocenters. The molecule has 0 fully saturated rings. The Kier molecular flexibility index (Phi) is 4.55. The van der Waals surface area contributed by atoms with Crippen molar-refractivity contribution in [1.82, 2.24) is 0 Å². The second kappa shape index (κ2) is 8.68. The summed E-state index contributed by atoms with van der Waals surface area (Å²) in [6.45, 7) is 0. The number of hydrogen-bond acceptors (Lipinski definition) is 4. The van der Waals surface area contributed by atoms with Crippen molar-refractivity contribution in [1.29, 1.82) is 0 Å². The Hall–Kier alpha value is -6.26. The van der Waals surface area contributed by atoms with E-state index >= 15 is 0 Å². The van der Waals surface area contributed by atoms with Gasteiger partial charge in [-0.05, 0) is 89.0 Å². The molecule has 4 nitrogen and oxygen atoms in total. The normalized spacial score (nSPS) is 12.3. The van der Waals surface area contributed by atoms with Gasteiger partial charge in [0.05, 0.1) is 10.8 Å². The molecule has 0 spiro atoms. The molecule has 0 bridgehead atoms. The molecule has 4 aromatic heterocycles. The largest absolute Gasteiger partial charge is 0.456 e. The molecule has 11 aromatic rings. The summed E-state index contributed by atoms with van der Waals surface area (Å²) in [5.41, 5.74) is 11.4. The van der Waals surface area contributed by atoms with Crippen LogP contribution in [0.25, 0.3) is 110 Å². The van der Waals surface area contributed by atoms with Crippen LogP contribution in [-0.2, 0) is 0 Å². The van der Waals surface area contributed by atoms with Gasteiger partial charge >= 0.3 is 0 Å². The summed E-state index contributed by atoms with van der Waals surface area (Å²) in [7, 11) is 0. The van der Waals surface area contributed by atoms with Gasteiger partial charge in [-0.1, -0.05) is 66.7 Å². The van der Waals surface area contributed by atoms with E-state index in [0.717, 1.165) is 110 Å². The van der Waals surface area contributed by atoms with Crippen LogP contribution in [-0.4, -0.2) is 0 Å². The molecular formula is C42H22O4. The molecule has 0 aliphatic carbocycles. The average molecular weight is 591 g/mol. The lowest BCUT2D eigenvalue weighted by Gasteiger charge is -2.07. The maximum Gasteiger partial charge on any atom is 0.147 e. The van der Waals surface area contributed by atoms with Gasteiger partial charge in [0.2, 0.25) is 0 Å². The molecule has 11 rings (SSSR count). The summed E-state index contributed by atoms with van der Waals surface area (Å²) >= 11 is 0. The van der Waals surface area contributed by atoms with Crippen LogP contribution in [0.1, 0.15) is 0 Å². The highest BCUT2D eigenvalue weighted by Gasteiger charge is 2.18. The van der Waals surface area contributed by atoms with Gasteiger partial charge in [0, 0.05) is 32.3 Å². The minimum Gasteiger partial charge on any atom is -0.456 e. The first-order valence-corrected chi connectivity index (χ1v) is 15.4. The van der Waals surface area contributed by atoms with E-state index in [4.69, 9.17) is 17.7 Å². The number of para-hydroxylation sites is 2. The van der Waals surface area contributed by atoms with Crippen LogP contribution < -0.4 is 0 Å². The number of furan rings is 4. The molecule has 0 N–H and O–H groups in total. The minimum absolute atomic E-state index is 0.839. The van der Waals surface area contributed by atoms with Crippen molar-refractivity contribution in [2.24, 2.45) is 0 Å². The van der Waals surface area contributed by atoms with Crippen molar-refractivity contribution < 1.29 is 17.7 Å². The average Bonchev–Trinajstić information content (AvgIpc) is 3.86. The summed E-state index contributed by atoms with van der Waals surface area (Å²) in [4.78, 5) is 0. The Labute approximate surface area is 260 Å². The Morgan fingerprint density at radius 3 is 1.22 bits per heavy atom. The van der Waals surface area contributed by atoms with E-state index in [1.54, 1.807) is 0 Å². The number of rotatable bonds is 2. The first kappa shape index (κ1) is 24.1. The van der Waals surface area contributed by atoms with Gasteiger partial charge in [-0.15, -0.1) is 0 Å². The summed E-state index contributed by atoms with van der Waals surface area (Å²) < 4.78 is 25.1.